The van der Waals surface area contributed by atoms with Crippen LogP contribution in [0.5, 0.6) is 11.8 Å². The molecule has 0 radical (unpaired) electrons. The summed E-state index contributed by atoms with van der Waals surface area (Å²) < 4.78 is 6.77. The van der Waals surface area contributed by atoms with Gasteiger partial charge in [0.15, 0.2) is 0 Å². The van der Waals surface area contributed by atoms with Crippen LogP contribution in [0.15, 0.2) is 30.5 Å². The lowest BCUT2D eigenvalue weighted by atomic mass is 10.1. The number of nitrogens with one attached hydrogen (secondary N) is 2. The lowest BCUT2D eigenvalue weighted by Gasteiger charge is -2.11. The Balaban J connectivity index is 0.00000119. The van der Waals surface area contributed by atoms with Crippen LogP contribution in [0.4, 0.5) is 5.69 Å². The van der Waals surface area contributed by atoms with E-state index in [0.717, 1.165) is 21.2 Å². The van der Waals surface area contributed by atoms with E-state index in [9.17, 15) is 9.90 Å². The number of carbonyl (C=O) groups is 1. The summed E-state index contributed by atoms with van der Waals surface area (Å²) in [5.74, 6) is 0.399. The molecule has 3 N–H and O–H groups in total. The molecule has 0 fully saturated rings. The predicted octanol–water partition coefficient (Wildman–Crippen LogP) is 4.75. The monoisotopic (exact) mass is 471 g/mol. The number of aliphatic hydroxyl groups excluding tert-OH is 1. The van der Waals surface area contributed by atoms with E-state index in [4.69, 9.17) is 16.3 Å². The van der Waals surface area contributed by atoms with E-state index >= 15 is 0 Å². The van der Waals surface area contributed by atoms with Crippen LogP contribution in [0.25, 0.3) is 21.0 Å². The quantitative estimate of drug-likeness (QED) is 0.370. The first-order chi connectivity index (χ1) is 15.5. The van der Waals surface area contributed by atoms with E-state index in [0.29, 0.717) is 28.4 Å². The number of hydrogen-bond donors (Lipinski definition) is 3. The summed E-state index contributed by atoms with van der Waals surface area (Å²) in [4.78, 5) is 25.7. The second kappa shape index (κ2) is 9.23. The molecule has 0 aliphatic carbocycles. The number of aliphatic hydroxyl groups is 1. The zero-order valence-corrected chi connectivity index (χ0v) is 19.3. The zero-order chi connectivity index (χ0) is 22.8. The van der Waals surface area contributed by atoms with Crippen molar-refractivity contribution in [3.05, 3.63) is 46.2 Å². The number of aromatic nitrogens is 3. The van der Waals surface area contributed by atoms with Crippen molar-refractivity contribution in [1.82, 2.24) is 20.3 Å². The Bertz CT molecular complexity index is 1310. The summed E-state index contributed by atoms with van der Waals surface area (Å²) in [6.45, 7) is 6.33. The number of benzene rings is 1. The molecule has 1 aliphatic heterocycles. The lowest BCUT2D eigenvalue weighted by Crippen LogP contribution is -2.34. The van der Waals surface area contributed by atoms with E-state index < -0.39 is 0 Å². The van der Waals surface area contributed by atoms with Gasteiger partial charge in [-0.25, -0.2) is 9.97 Å². The average molecular weight is 472 g/mol. The normalized spacial score (nSPS) is 15.3. The lowest BCUT2D eigenvalue weighted by molar-refractivity contribution is 0.0949. The molecular weight excluding hydrogens is 450 g/mol. The molecule has 0 bridgehead atoms. The van der Waals surface area contributed by atoms with E-state index in [-0.39, 0.29) is 29.7 Å². The van der Waals surface area contributed by atoms with Crippen LogP contribution in [0.1, 0.15) is 36.0 Å². The summed E-state index contributed by atoms with van der Waals surface area (Å²) in [5.41, 5.74) is 1.96. The minimum absolute atomic E-state index is 0.0178. The third kappa shape index (κ3) is 4.06. The number of fused-ring (bicyclic) bond motifs is 5. The fourth-order valence-corrected chi connectivity index (χ4v) is 4.65. The minimum Gasteiger partial charge on any atom is -0.420 e. The van der Waals surface area contributed by atoms with Gasteiger partial charge < -0.3 is 20.5 Å². The minimum atomic E-state index is -0.284. The molecule has 4 aromatic rings. The zero-order valence-electron chi connectivity index (χ0n) is 17.8. The van der Waals surface area contributed by atoms with E-state index in [1.165, 1.54) is 17.5 Å². The Morgan fingerprint density at radius 2 is 2.06 bits per heavy atom. The molecule has 166 valence electrons. The Labute approximate surface area is 193 Å². The van der Waals surface area contributed by atoms with Crippen molar-refractivity contribution in [2.45, 2.75) is 33.4 Å². The number of thiophene rings is 1. The first kappa shape index (κ1) is 22.2. The summed E-state index contributed by atoms with van der Waals surface area (Å²) in [6.07, 6.45) is 1.41. The SMILES string of the molecule is CC.C[C@@H]1CNc2c(sc3ccc4nc(Oc5nc(Cl)ncc5CO)ccc4c23)C(=O)N1. The highest BCUT2D eigenvalue weighted by atomic mass is 35.5. The summed E-state index contributed by atoms with van der Waals surface area (Å²) in [7, 11) is 0. The van der Waals surface area contributed by atoms with Gasteiger partial charge in [-0.3, -0.25) is 4.79 Å². The van der Waals surface area contributed by atoms with Crippen molar-refractivity contribution in [2.75, 3.05) is 11.9 Å². The number of nitrogens with zero attached hydrogens (tertiary/aromatic N) is 3. The molecule has 0 saturated carbocycles. The van der Waals surface area contributed by atoms with Crippen LogP contribution >= 0.6 is 22.9 Å². The highest BCUT2D eigenvalue weighted by Crippen LogP contribution is 2.41. The van der Waals surface area contributed by atoms with Crippen molar-refractivity contribution >= 4 is 55.5 Å². The fourth-order valence-electron chi connectivity index (χ4n) is 3.43. The first-order valence-electron chi connectivity index (χ1n) is 10.2. The van der Waals surface area contributed by atoms with Crippen molar-refractivity contribution in [1.29, 1.82) is 0 Å². The smallest absolute Gasteiger partial charge is 0.263 e. The van der Waals surface area contributed by atoms with Gasteiger partial charge in [-0.05, 0) is 36.7 Å². The molecule has 1 atom stereocenters. The Morgan fingerprint density at radius 1 is 1.25 bits per heavy atom. The molecule has 4 heterocycles. The molecule has 0 saturated heterocycles. The third-order valence-electron chi connectivity index (χ3n) is 4.83. The van der Waals surface area contributed by atoms with Gasteiger partial charge in [-0.15, -0.1) is 11.3 Å². The maximum Gasteiger partial charge on any atom is 0.263 e. The van der Waals surface area contributed by atoms with Gasteiger partial charge >= 0.3 is 0 Å². The van der Waals surface area contributed by atoms with Crippen LogP contribution in [-0.2, 0) is 6.61 Å². The molecule has 0 unspecified atom stereocenters. The number of halogens is 1. The second-order valence-electron chi connectivity index (χ2n) is 6.95. The van der Waals surface area contributed by atoms with Gasteiger partial charge in [0.25, 0.3) is 5.91 Å². The molecule has 32 heavy (non-hydrogen) atoms. The molecule has 5 rings (SSSR count). The highest BCUT2D eigenvalue weighted by Gasteiger charge is 2.24. The fraction of sp³-hybridized carbons (Fsp3) is 0.273. The molecule has 3 aromatic heterocycles. The van der Waals surface area contributed by atoms with Crippen LogP contribution in [0.2, 0.25) is 5.28 Å². The van der Waals surface area contributed by atoms with Crippen molar-refractivity contribution in [3.8, 4) is 11.8 Å². The average Bonchev–Trinajstić information content (AvgIpc) is 3.12. The molecule has 1 aliphatic rings. The van der Waals surface area contributed by atoms with Crippen molar-refractivity contribution in [2.24, 2.45) is 0 Å². The van der Waals surface area contributed by atoms with Gasteiger partial charge in [-0.2, -0.15) is 4.98 Å². The Morgan fingerprint density at radius 3 is 2.84 bits per heavy atom. The van der Waals surface area contributed by atoms with Gasteiger partial charge in [0.05, 0.1) is 23.4 Å². The van der Waals surface area contributed by atoms with E-state index in [1.54, 1.807) is 6.07 Å². The largest absolute Gasteiger partial charge is 0.420 e. The number of ether oxygens (including phenoxy) is 1. The number of hydrogen-bond acceptors (Lipinski definition) is 8. The first-order valence-corrected chi connectivity index (χ1v) is 11.4. The maximum absolute atomic E-state index is 12.5. The second-order valence-corrected chi connectivity index (χ2v) is 8.34. The third-order valence-corrected chi connectivity index (χ3v) is 6.17. The van der Waals surface area contributed by atoms with Crippen LogP contribution in [0, 0.1) is 0 Å². The van der Waals surface area contributed by atoms with Crippen molar-refractivity contribution < 1.29 is 14.6 Å². The molecule has 10 heteroatoms. The van der Waals surface area contributed by atoms with Gasteiger partial charge in [0, 0.05) is 40.3 Å². The molecule has 0 spiro atoms. The topological polar surface area (TPSA) is 109 Å². The number of rotatable bonds is 3. The van der Waals surface area contributed by atoms with Gasteiger partial charge in [-0.1, -0.05) is 13.8 Å². The summed E-state index contributed by atoms with van der Waals surface area (Å²) >= 11 is 7.31. The van der Waals surface area contributed by atoms with Crippen molar-refractivity contribution in [3.63, 3.8) is 0 Å². The molecule has 8 nitrogen and oxygen atoms in total. The maximum atomic E-state index is 12.5. The van der Waals surface area contributed by atoms with Crippen LogP contribution in [-0.4, -0.2) is 38.6 Å². The number of anilines is 1. The van der Waals surface area contributed by atoms with E-state index in [1.807, 2.05) is 39.0 Å². The molecule has 1 aromatic carbocycles. The number of carbonyl (C=O) groups excluding carboxylic acids is 1. The number of amides is 1. The Kier molecular flexibility index (Phi) is 6.40. The Hall–Kier alpha value is -3.01. The molecular formula is C22H22ClN5O3S. The highest BCUT2D eigenvalue weighted by molar-refractivity contribution is 7.21. The summed E-state index contributed by atoms with van der Waals surface area (Å²) in [5, 5.41) is 17.8. The van der Waals surface area contributed by atoms with Crippen LogP contribution < -0.4 is 15.4 Å². The number of pyridine rings is 1. The standard InChI is InChI=1S/C20H16ClN5O3S.C2H6/c1-9-6-22-16-15-11-2-5-14(29-19-10(8-27)7-23-20(21)26-19)25-12(11)3-4-13(15)30-17(16)18(28)24-9;1-2/h2-5,7,9,22,27H,6,8H2,1H3,(H,24,28);1-2H3/t9-;/m1./s1. The summed E-state index contributed by atoms with van der Waals surface area (Å²) in [6, 6.07) is 7.51. The van der Waals surface area contributed by atoms with Gasteiger partial charge in [0.2, 0.25) is 17.0 Å². The van der Waals surface area contributed by atoms with Crippen LogP contribution in [0.3, 0.4) is 0 Å². The molecule has 1 amide bonds. The predicted molar refractivity (Wildman–Crippen MR) is 127 cm³/mol. The van der Waals surface area contributed by atoms with E-state index in [2.05, 4.69) is 25.6 Å². The van der Waals surface area contributed by atoms with Gasteiger partial charge in [0.1, 0.15) is 4.88 Å².